The smallest absolute Gasteiger partial charge is 0.251 e. The number of nitrogens with one attached hydrogen (secondary N) is 1. The van der Waals surface area contributed by atoms with Crippen LogP contribution in [0, 0.1) is 0 Å². The molecule has 3 N–H and O–H groups in total. The Bertz CT molecular complexity index is 1200. The number of nitrogens with two attached hydrogens (primary N) is 1. The van der Waals surface area contributed by atoms with Crippen LogP contribution in [-0.2, 0) is 16.1 Å². The minimum absolute atomic E-state index is 0.00579. The number of aromatic nitrogens is 2. The van der Waals surface area contributed by atoms with Crippen molar-refractivity contribution in [1.29, 1.82) is 0 Å². The maximum absolute atomic E-state index is 13.1. The molecule has 2 heterocycles. The van der Waals surface area contributed by atoms with Gasteiger partial charge in [0, 0.05) is 68.9 Å². The first kappa shape index (κ1) is 26.1. The third kappa shape index (κ3) is 6.43. The van der Waals surface area contributed by atoms with Gasteiger partial charge in [-0.1, -0.05) is 29.8 Å². The number of amides is 2. The number of fused-ring (bicyclic) bond motifs is 1. The van der Waals surface area contributed by atoms with Crippen molar-refractivity contribution in [2.24, 2.45) is 5.73 Å². The molecule has 0 radical (unpaired) electrons. The van der Waals surface area contributed by atoms with Crippen LogP contribution in [0.5, 0.6) is 0 Å². The highest BCUT2D eigenvalue weighted by Gasteiger charge is 2.29. The Balaban J connectivity index is 1.36. The summed E-state index contributed by atoms with van der Waals surface area (Å²) in [6.45, 7) is 3.05. The van der Waals surface area contributed by atoms with Gasteiger partial charge in [0.2, 0.25) is 5.91 Å². The second kappa shape index (κ2) is 12.3. The predicted molar refractivity (Wildman–Crippen MR) is 141 cm³/mol. The lowest BCUT2D eigenvalue weighted by atomic mass is 9.96. The Morgan fingerprint density at radius 1 is 1.25 bits per heavy atom. The summed E-state index contributed by atoms with van der Waals surface area (Å²) in [6.07, 6.45) is 2.97. The Hall–Kier alpha value is -2.94. The van der Waals surface area contributed by atoms with E-state index in [2.05, 4.69) is 16.0 Å². The molecule has 2 atom stereocenters. The molecular formula is C27H34ClN5O3. The molecule has 1 aliphatic rings. The van der Waals surface area contributed by atoms with E-state index in [-0.39, 0.29) is 30.7 Å². The average Bonchev–Trinajstić information content (AvgIpc) is 3.26. The van der Waals surface area contributed by atoms with Gasteiger partial charge in [0.05, 0.1) is 11.0 Å². The molecule has 0 aliphatic carbocycles. The summed E-state index contributed by atoms with van der Waals surface area (Å²) in [5.41, 5.74) is 8.77. The molecule has 9 heteroatoms. The van der Waals surface area contributed by atoms with Crippen molar-refractivity contribution in [1.82, 2.24) is 19.8 Å². The summed E-state index contributed by atoms with van der Waals surface area (Å²) in [6, 6.07) is 14.4. The number of benzene rings is 2. The lowest BCUT2D eigenvalue weighted by Gasteiger charge is -2.33. The Kier molecular flexibility index (Phi) is 8.96. The first-order chi connectivity index (χ1) is 17.5. The molecule has 0 unspecified atom stereocenters. The summed E-state index contributed by atoms with van der Waals surface area (Å²) in [5.74, 6) is 0.941. The molecule has 2 aromatic carbocycles. The zero-order valence-corrected chi connectivity index (χ0v) is 21.4. The molecule has 0 bridgehead atoms. The van der Waals surface area contributed by atoms with Crippen LogP contribution in [-0.4, -0.2) is 65.7 Å². The zero-order chi connectivity index (χ0) is 25.5. The average molecular weight is 512 g/mol. The molecule has 1 aliphatic heterocycles. The fourth-order valence-corrected chi connectivity index (χ4v) is 4.99. The van der Waals surface area contributed by atoms with Crippen molar-refractivity contribution < 1.29 is 14.3 Å². The first-order valence-corrected chi connectivity index (χ1v) is 12.8. The number of aryl methyl sites for hydroxylation is 1. The molecule has 0 spiro atoms. The van der Waals surface area contributed by atoms with Crippen LogP contribution in [0.2, 0.25) is 5.02 Å². The number of hydrogen-bond donors (Lipinski definition) is 2. The minimum atomic E-state index is -0.473. The minimum Gasteiger partial charge on any atom is -0.385 e. The number of imidazole rings is 1. The van der Waals surface area contributed by atoms with E-state index < -0.39 is 6.04 Å². The Morgan fingerprint density at radius 3 is 2.89 bits per heavy atom. The van der Waals surface area contributed by atoms with Gasteiger partial charge in [-0.05, 0) is 49.6 Å². The number of methoxy groups -OCH3 is 1. The highest BCUT2D eigenvalue weighted by molar-refractivity contribution is 6.30. The van der Waals surface area contributed by atoms with Gasteiger partial charge in [0.1, 0.15) is 5.82 Å². The number of ether oxygens (including phenoxy) is 1. The van der Waals surface area contributed by atoms with Crippen LogP contribution < -0.4 is 11.1 Å². The fourth-order valence-electron chi connectivity index (χ4n) is 4.80. The van der Waals surface area contributed by atoms with E-state index in [0.29, 0.717) is 30.3 Å². The standard InChI is InChI=1S/C27H34ClN5O3/c1-36-14-6-13-33-24-11-3-2-10-23(24)31-26(33)20-8-5-12-32(18-20)25(34)16-22(29)17-30-27(35)19-7-4-9-21(28)15-19/h2-4,7,9-11,15,20,22H,5-6,8,12-14,16-18,29H2,1H3,(H,30,35)/t20-,22-/m1/s1. The quantitative estimate of drug-likeness (QED) is 0.405. The number of piperidine rings is 1. The molecule has 3 aromatic rings. The number of hydrogen-bond acceptors (Lipinski definition) is 5. The maximum atomic E-state index is 13.1. The molecule has 8 nitrogen and oxygen atoms in total. The summed E-state index contributed by atoms with van der Waals surface area (Å²) in [7, 11) is 1.71. The van der Waals surface area contributed by atoms with Crippen LogP contribution in [0.1, 0.15) is 47.8 Å². The first-order valence-electron chi connectivity index (χ1n) is 12.5. The summed E-state index contributed by atoms with van der Waals surface area (Å²) in [4.78, 5) is 32.3. The summed E-state index contributed by atoms with van der Waals surface area (Å²) >= 11 is 5.96. The number of likely N-dealkylation sites (tertiary alicyclic amines) is 1. The van der Waals surface area contributed by atoms with Crippen LogP contribution in [0.4, 0.5) is 0 Å². The van der Waals surface area contributed by atoms with Gasteiger partial charge in [0.25, 0.3) is 5.91 Å². The van der Waals surface area contributed by atoms with E-state index in [0.717, 1.165) is 42.7 Å². The van der Waals surface area contributed by atoms with Gasteiger partial charge in [-0.25, -0.2) is 4.98 Å². The molecule has 1 aromatic heterocycles. The van der Waals surface area contributed by atoms with E-state index in [4.69, 9.17) is 27.1 Å². The lowest BCUT2D eigenvalue weighted by Crippen LogP contribution is -2.45. The van der Waals surface area contributed by atoms with Crippen LogP contribution in [0.15, 0.2) is 48.5 Å². The molecule has 1 saturated heterocycles. The number of nitrogens with zero attached hydrogens (tertiary/aromatic N) is 3. The van der Waals surface area contributed by atoms with Crippen molar-refractivity contribution in [2.45, 2.75) is 44.2 Å². The molecule has 4 rings (SSSR count). The number of carbonyl (C=O) groups is 2. The normalized spacial score (nSPS) is 16.8. The van der Waals surface area contributed by atoms with Crippen LogP contribution >= 0.6 is 11.6 Å². The van der Waals surface area contributed by atoms with E-state index in [1.54, 1.807) is 31.4 Å². The molecular weight excluding hydrogens is 478 g/mol. The number of carbonyl (C=O) groups excluding carboxylic acids is 2. The SMILES string of the molecule is COCCCn1c([C@@H]2CCCN(C(=O)C[C@@H](N)CNC(=O)c3cccc(Cl)c3)C2)nc2ccccc21. The van der Waals surface area contributed by atoms with Gasteiger partial charge in [0.15, 0.2) is 0 Å². The molecule has 0 saturated carbocycles. The van der Waals surface area contributed by atoms with Crippen molar-refractivity contribution >= 4 is 34.4 Å². The number of rotatable bonds is 10. The van der Waals surface area contributed by atoms with Crippen molar-refractivity contribution in [3.05, 3.63) is 64.9 Å². The third-order valence-electron chi connectivity index (χ3n) is 6.60. The molecule has 1 fully saturated rings. The zero-order valence-electron chi connectivity index (χ0n) is 20.7. The third-order valence-corrected chi connectivity index (χ3v) is 6.84. The van der Waals surface area contributed by atoms with E-state index in [1.165, 1.54) is 0 Å². The number of halogens is 1. The largest absolute Gasteiger partial charge is 0.385 e. The van der Waals surface area contributed by atoms with Gasteiger partial charge in [-0.15, -0.1) is 0 Å². The molecule has 192 valence electrons. The molecule has 36 heavy (non-hydrogen) atoms. The summed E-state index contributed by atoms with van der Waals surface area (Å²) < 4.78 is 7.54. The Morgan fingerprint density at radius 2 is 2.08 bits per heavy atom. The lowest BCUT2D eigenvalue weighted by molar-refractivity contribution is -0.132. The van der Waals surface area contributed by atoms with E-state index >= 15 is 0 Å². The van der Waals surface area contributed by atoms with Gasteiger partial charge < -0.3 is 25.3 Å². The van der Waals surface area contributed by atoms with Gasteiger partial charge >= 0.3 is 0 Å². The van der Waals surface area contributed by atoms with Gasteiger partial charge in [-0.3, -0.25) is 9.59 Å². The molecule has 2 amide bonds. The summed E-state index contributed by atoms with van der Waals surface area (Å²) in [5, 5.41) is 3.29. The second-order valence-electron chi connectivity index (χ2n) is 9.32. The van der Waals surface area contributed by atoms with Gasteiger partial charge in [-0.2, -0.15) is 0 Å². The Labute approximate surface area is 216 Å². The number of para-hydroxylation sites is 2. The highest BCUT2D eigenvalue weighted by Crippen LogP contribution is 2.30. The fraction of sp³-hybridized carbons (Fsp3) is 0.444. The van der Waals surface area contributed by atoms with E-state index in [1.807, 2.05) is 23.1 Å². The van der Waals surface area contributed by atoms with E-state index in [9.17, 15) is 9.59 Å². The van der Waals surface area contributed by atoms with Crippen molar-refractivity contribution in [3.63, 3.8) is 0 Å². The topological polar surface area (TPSA) is 102 Å². The highest BCUT2D eigenvalue weighted by atomic mass is 35.5. The second-order valence-corrected chi connectivity index (χ2v) is 9.76. The van der Waals surface area contributed by atoms with Crippen molar-refractivity contribution in [3.8, 4) is 0 Å². The van der Waals surface area contributed by atoms with Crippen molar-refractivity contribution in [2.75, 3.05) is 33.4 Å². The maximum Gasteiger partial charge on any atom is 0.251 e. The monoisotopic (exact) mass is 511 g/mol. The predicted octanol–water partition coefficient (Wildman–Crippen LogP) is 3.58. The van der Waals surface area contributed by atoms with Crippen LogP contribution in [0.3, 0.4) is 0 Å². The van der Waals surface area contributed by atoms with Crippen LogP contribution in [0.25, 0.3) is 11.0 Å².